The highest BCUT2D eigenvalue weighted by Gasteiger charge is 2.13. The van der Waals surface area contributed by atoms with E-state index in [2.05, 4.69) is 46.9 Å². The van der Waals surface area contributed by atoms with Crippen molar-refractivity contribution in [3.8, 4) is 0 Å². The number of thiophene rings is 1. The molecule has 120 valence electrons. The predicted molar refractivity (Wildman–Crippen MR) is 102 cm³/mol. The Morgan fingerprint density at radius 3 is 2.96 bits per heavy atom. The van der Waals surface area contributed by atoms with Crippen molar-refractivity contribution in [2.45, 2.75) is 19.4 Å². The Bertz CT molecular complexity index is 1020. The van der Waals surface area contributed by atoms with Crippen molar-refractivity contribution in [3.63, 3.8) is 0 Å². The molecule has 0 unspecified atom stereocenters. The molecule has 4 rings (SSSR count). The van der Waals surface area contributed by atoms with Gasteiger partial charge in [0, 0.05) is 16.3 Å². The van der Waals surface area contributed by atoms with Crippen molar-refractivity contribution in [1.82, 2.24) is 10.3 Å². The average molecular weight is 352 g/mol. The Labute approximate surface area is 148 Å². The van der Waals surface area contributed by atoms with Crippen LogP contribution in [0.4, 0.5) is 0 Å². The minimum atomic E-state index is -0.0302. The zero-order chi connectivity index (χ0) is 16.5. The van der Waals surface area contributed by atoms with Crippen LogP contribution in [0.1, 0.15) is 22.8 Å². The molecule has 0 aliphatic carbocycles. The molecule has 2 aromatic heterocycles. The van der Waals surface area contributed by atoms with Crippen LogP contribution in [0.2, 0.25) is 0 Å². The van der Waals surface area contributed by atoms with Gasteiger partial charge < -0.3 is 5.32 Å². The minimum absolute atomic E-state index is 0.0302. The van der Waals surface area contributed by atoms with E-state index in [1.54, 1.807) is 28.2 Å². The van der Waals surface area contributed by atoms with Crippen molar-refractivity contribution in [3.05, 3.63) is 64.5 Å². The number of carbonyl (C=O) groups is 1. The molecule has 1 N–H and O–H groups in total. The number of nitrogens with one attached hydrogen (secondary N) is 1. The lowest BCUT2D eigenvalue weighted by atomic mass is 10.1. The van der Waals surface area contributed by atoms with Gasteiger partial charge in [-0.15, -0.1) is 22.7 Å². The summed E-state index contributed by atoms with van der Waals surface area (Å²) in [5.41, 5.74) is 4.72. The average Bonchev–Trinajstić information content (AvgIpc) is 3.21. The third kappa shape index (κ3) is 2.92. The fourth-order valence-corrected chi connectivity index (χ4v) is 4.57. The van der Waals surface area contributed by atoms with Gasteiger partial charge in [-0.05, 0) is 53.9 Å². The first-order valence-corrected chi connectivity index (χ1v) is 9.56. The second-order valence-corrected chi connectivity index (χ2v) is 7.67. The lowest BCUT2D eigenvalue weighted by Gasteiger charge is -2.13. The van der Waals surface area contributed by atoms with Crippen molar-refractivity contribution in [2.75, 3.05) is 0 Å². The van der Waals surface area contributed by atoms with Crippen molar-refractivity contribution in [1.29, 1.82) is 0 Å². The van der Waals surface area contributed by atoms with Crippen LogP contribution in [0, 0.1) is 0 Å². The molecule has 0 saturated heterocycles. The zero-order valence-corrected chi connectivity index (χ0v) is 14.8. The number of benzene rings is 2. The molecule has 0 aliphatic rings. The van der Waals surface area contributed by atoms with Gasteiger partial charge in [-0.2, -0.15) is 0 Å². The van der Waals surface area contributed by atoms with E-state index in [4.69, 9.17) is 0 Å². The quantitative estimate of drug-likeness (QED) is 0.569. The lowest BCUT2D eigenvalue weighted by molar-refractivity contribution is 0.0940. The van der Waals surface area contributed by atoms with E-state index in [0.717, 1.165) is 16.6 Å². The second-order valence-electron chi connectivity index (χ2n) is 5.87. The van der Waals surface area contributed by atoms with Crippen LogP contribution in [-0.2, 0) is 6.42 Å². The SMILES string of the molecule is C[C@@H](Cc1csc2ccccc12)NC(=O)c1ccc2ncsc2c1. The number of thiazole rings is 1. The summed E-state index contributed by atoms with van der Waals surface area (Å²) >= 11 is 3.31. The minimum Gasteiger partial charge on any atom is -0.349 e. The number of hydrogen-bond acceptors (Lipinski definition) is 4. The molecule has 0 aliphatic heterocycles. The van der Waals surface area contributed by atoms with E-state index >= 15 is 0 Å². The molecule has 4 aromatic rings. The number of fused-ring (bicyclic) bond motifs is 2. The van der Waals surface area contributed by atoms with Gasteiger partial charge in [0.2, 0.25) is 0 Å². The maximum absolute atomic E-state index is 12.5. The summed E-state index contributed by atoms with van der Waals surface area (Å²) in [7, 11) is 0. The molecule has 0 spiro atoms. The van der Waals surface area contributed by atoms with Gasteiger partial charge in [-0.25, -0.2) is 4.98 Å². The van der Waals surface area contributed by atoms with Crippen LogP contribution in [0.15, 0.2) is 53.4 Å². The molecule has 5 heteroatoms. The summed E-state index contributed by atoms with van der Waals surface area (Å²) in [6, 6.07) is 14.1. The highest BCUT2D eigenvalue weighted by molar-refractivity contribution is 7.17. The smallest absolute Gasteiger partial charge is 0.251 e. The highest BCUT2D eigenvalue weighted by Crippen LogP contribution is 2.26. The normalized spacial score (nSPS) is 12.5. The largest absolute Gasteiger partial charge is 0.349 e. The Morgan fingerprint density at radius 2 is 2.04 bits per heavy atom. The highest BCUT2D eigenvalue weighted by atomic mass is 32.1. The molecular formula is C19H16N2OS2. The van der Waals surface area contributed by atoms with Crippen molar-refractivity contribution < 1.29 is 4.79 Å². The molecule has 0 fully saturated rings. The number of aromatic nitrogens is 1. The van der Waals surface area contributed by atoms with Gasteiger partial charge in [0.25, 0.3) is 5.91 Å². The Balaban J connectivity index is 1.48. The van der Waals surface area contributed by atoms with Gasteiger partial charge in [-0.3, -0.25) is 4.79 Å². The third-order valence-corrected chi connectivity index (χ3v) is 5.86. The first-order chi connectivity index (χ1) is 11.7. The van der Waals surface area contributed by atoms with E-state index < -0.39 is 0 Å². The maximum atomic E-state index is 12.5. The summed E-state index contributed by atoms with van der Waals surface area (Å²) in [6.45, 7) is 2.05. The van der Waals surface area contributed by atoms with Crippen molar-refractivity contribution >= 4 is 48.9 Å². The van der Waals surface area contributed by atoms with Crippen molar-refractivity contribution in [2.24, 2.45) is 0 Å². The van der Waals surface area contributed by atoms with Gasteiger partial charge in [0.15, 0.2) is 0 Å². The fraction of sp³-hybridized carbons (Fsp3) is 0.158. The number of hydrogen-bond donors (Lipinski definition) is 1. The molecule has 2 aromatic carbocycles. The Morgan fingerprint density at radius 1 is 1.17 bits per heavy atom. The van der Waals surface area contributed by atoms with Crippen LogP contribution < -0.4 is 5.32 Å². The van der Waals surface area contributed by atoms with E-state index in [1.165, 1.54) is 15.6 Å². The van der Waals surface area contributed by atoms with Crippen LogP contribution in [0.25, 0.3) is 20.3 Å². The summed E-state index contributed by atoms with van der Waals surface area (Å²) in [6.07, 6.45) is 0.832. The fourth-order valence-electron chi connectivity index (χ4n) is 2.88. The molecule has 1 amide bonds. The lowest BCUT2D eigenvalue weighted by Crippen LogP contribution is -2.34. The maximum Gasteiger partial charge on any atom is 0.251 e. The van der Waals surface area contributed by atoms with E-state index in [-0.39, 0.29) is 11.9 Å². The van der Waals surface area contributed by atoms with Gasteiger partial charge >= 0.3 is 0 Å². The molecule has 0 radical (unpaired) electrons. The van der Waals surface area contributed by atoms with E-state index in [1.807, 2.05) is 18.2 Å². The molecule has 24 heavy (non-hydrogen) atoms. The third-order valence-electron chi connectivity index (χ3n) is 4.06. The number of carbonyl (C=O) groups excluding carboxylic acids is 1. The monoisotopic (exact) mass is 352 g/mol. The number of nitrogens with zero attached hydrogens (tertiary/aromatic N) is 1. The summed E-state index contributed by atoms with van der Waals surface area (Å²) in [5.74, 6) is -0.0302. The van der Waals surface area contributed by atoms with Crippen LogP contribution in [0.3, 0.4) is 0 Å². The van der Waals surface area contributed by atoms with Gasteiger partial charge in [0.1, 0.15) is 0 Å². The molecular weight excluding hydrogens is 336 g/mol. The van der Waals surface area contributed by atoms with E-state index in [9.17, 15) is 4.79 Å². The van der Waals surface area contributed by atoms with Crippen LogP contribution in [-0.4, -0.2) is 16.9 Å². The summed E-state index contributed by atoms with van der Waals surface area (Å²) in [4.78, 5) is 16.7. The van der Waals surface area contributed by atoms with Crippen LogP contribution in [0.5, 0.6) is 0 Å². The molecule has 3 nitrogen and oxygen atoms in total. The number of rotatable bonds is 4. The molecule has 2 heterocycles. The zero-order valence-electron chi connectivity index (χ0n) is 13.2. The second kappa shape index (κ2) is 6.34. The Hall–Kier alpha value is -2.24. The van der Waals surface area contributed by atoms with Gasteiger partial charge in [0.05, 0.1) is 15.7 Å². The number of amides is 1. The van der Waals surface area contributed by atoms with E-state index in [0.29, 0.717) is 5.56 Å². The summed E-state index contributed by atoms with van der Waals surface area (Å²) in [5, 5.41) is 6.58. The predicted octanol–water partition coefficient (Wildman–Crippen LogP) is 4.87. The summed E-state index contributed by atoms with van der Waals surface area (Å²) < 4.78 is 2.33. The standard InChI is InChI=1S/C19H16N2OS2/c1-12(8-14-10-23-17-5-3-2-4-15(14)17)21-19(22)13-6-7-16-18(9-13)24-11-20-16/h2-7,9-12H,8H2,1H3,(H,21,22)/t12-/m0/s1. The first-order valence-electron chi connectivity index (χ1n) is 7.80. The topological polar surface area (TPSA) is 42.0 Å². The first kappa shape index (κ1) is 15.3. The Kier molecular flexibility index (Phi) is 4.04. The molecule has 0 bridgehead atoms. The molecule has 0 saturated carbocycles. The van der Waals surface area contributed by atoms with Gasteiger partial charge in [-0.1, -0.05) is 18.2 Å². The molecule has 1 atom stereocenters. The van der Waals surface area contributed by atoms with Crippen LogP contribution >= 0.6 is 22.7 Å².